The fraction of sp³-hybridized carbons (Fsp3) is 0.458. The van der Waals surface area contributed by atoms with E-state index in [2.05, 4.69) is 5.32 Å². The molecule has 170 valence electrons. The molecule has 3 heterocycles. The van der Waals surface area contributed by atoms with Crippen LogP contribution in [0.25, 0.3) is 6.08 Å². The smallest absolute Gasteiger partial charge is 0.246 e. The fourth-order valence-corrected chi connectivity index (χ4v) is 6.72. The zero-order chi connectivity index (χ0) is 21.3. The number of halogens is 1. The number of hydrogen-bond acceptors (Lipinski definition) is 6. The molecule has 4 aliphatic rings. The van der Waals surface area contributed by atoms with Crippen molar-refractivity contribution in [1.29, 1.82) is 0 Å². The summed E-state index contributed by atoms with van der Waals surface area (Å²) in [5, 5.41) is 24.6. The first-order valence-electron chi connectivity index (χ1n) is 11.0. The van der Waals surface area contributed by atoms with Gasteiger partial charge in [0, 0.05) is 47.3 Å². The lowest BCUT2D eigenvalue weighted by molar-refractivity contribution is -0.132. The molecule has 1 spiro atoms. The number of benzene rings is 1. The molecular weight excluding hydrogens is 432 g/mol. The maximum Gasteiger partial charge on any atom is 0.246 e. The average Bonchev–Trinajstić information content (AvgIpc) is 3.38. The van der Waals surface area contributed by atoms with Crippen LogP contribution in [0.1, 0.15) is 36.0 Å². The maximum absolute atomic E-state index is 13.0. The van der Waals surface area contributed by atoms with Crippen molar-refractivity contribution in [2.75, 3.05) is 13.6 Å². The number of hydrogen-bond donors (Lipinski definition) is 3. The second-order valence-corrected chi connectivity index (χ2v) is 9.28. The molecule has 1 amide bonds. The predicted molar refractivity (Wildman–Crippen MR) is 120 cm³/mol. The Hall–Kier alpha value is -2.64. The molecule has 8 heteroatoms. The molecule has 1 saturated heterocycles. The Kier molecular flexibility index (Phi) is 4.94. The van der Waals surface area contributed by atoms with E-state index in [0.29, 0.717) is 18.1 Å². The number of amides is 1. The van der Waals surface area contributed by atoms with Gasteiger partial charge in [0.25, 0.3) is 0 Å². The van der Waals surface area contributed by atoms with Crippen LogP contribution in [0.2, 0.25) is 0 Å². The minimum atomic E-state index is -0.240. The van der Waals surface area contributed by atoms with Crippen LogP contribution in [0.15, 0.2) is 35.2 Å². The number of carbonyl (C=O) groups is 1. The summed E-state index contributed by atoms with van der Waals surface area (Å²) in [5.41, 5.74) is 2.48. The molecule has 2 aliphatic carbocycles. The lowest BCUT2D eigenvalue weighted by Crippen LogP contribution is -2.68. The molecule has 0 unspecified atom stereocenters. The van der Waals surface area contributed by atoms with Gasteiger partial charge in [0.2, 0.25) is 5.91 Å². The number of nitrogens with zero attached hydrogens (tertiary/aromatic N) is 1. The van der Waals surface area contributed by atoms with E-state index in [0.717, 1.165) is 42.5 Å². The number of furan rings is 1. The summed E-state index contributed by atoms with van der Waals surface area (Å²) in [6.45, 7) is 0.881. The summed E-state index contributed by atoms with van der Waals surface area (Å²) < 4.78 is 11.6. The van der Waals surface area contributed by atoms with Crippen molar-refractivity contribution in [3.63, 3.8) is 0 Å². The molecule has 2 aliphatic heterocycles. The van der Waals surface area contributed by atoms with E-state index < -0.39 is 0 Å². The van der Waals surface area contributed by atoms with Crippen molar-refractivity contribution in [2.45, 2.75) is 49.3 Å². The summed E-state index contributed by atoms with van der Waals surface area (Å²) >= 11 is 0. The highest BCUT2D eigenvalue weighted by atomic mass is 35.5. The highest BCUT2D eigenvalue weighted by Crippen LogP contribution is 2.63. The van der Waals surface area contributed by atoms with Crippen molar-refractivity contribution in [3.05, 3.63) is 47.4 Å². The number of aromatic hydroxyl groups is 2. The predicted octanol–water partition coefficient (Wildman–Crippen LogP) is 2.98. The minimum absolute atomic E-state index is 0. The Morgan fingerprint density at radius 2 is 2.19 bits per heavy atom. The van der Waals surface area contributed by atoms with Crippen LogP contribution in [0.5, 0.6) is 17.2 Å². The first-order valence-corrected chi connectivity index (χ1v) is 11.0. The van der Waals surface area contributed by atoms with Crippen LogP contribution in [-0.2, 0) is 16.6 Å². The van der Waals surface area contributed by atoms with E-state index in [-0.39, 0.29) is 53.4 Å². The molecule has 2 aromatic rings. The van der Waals surface area contributed by atoms with Crippen LogP contribution in [-0.4, -0.2) is 52.8 Å². The molecule has 3 N–H and O–H groups in total. The van der Waals surface area contributed by atoms with Gasteiger partial charge in [-0.3, -0.25) is 4.79 Å². The molecule has 1 aromatic carbocycles. The number of carbonyl (C=O) groups excluding carboxylic acids is 1. The van der Waals surface area contributed by atoms with E-state index in [1.807, 2.05) is 13.1 Å². The zero-order valence-corrected chi connectivity index (χ0v) is 18.6. The molecule has 32 heavy (non-hydrogen) atoms. The van der Waals surface area contributed by atoms with E-state index in [1.54, 1.807) is 35.6 Å². The van der Waals surface area contributed by atoms with Crippen molar-refractivity contribution in [2.24, 2.45) is 5.92 Å². The lowest BCUT2D eigenvalue weighted by atomic mass is 9.51. The molecule has 1 aromatic heterocycles. The lowest BCUT2D eigenvalue weighted by Gasteiger charge is -2.57. The minimum Gasteiger partial charge on any atom is -0.504 e. The highest BCUT2D eigenvalue weighted by molar-refractivity contribution is 5.91. The Balaban J connectivity index is 0.00000216. The fourth-order valence-electron chi connectivity index (χ4n) is 6.72. The van der Waals surface area contributed by atoms with Gasteiger partial charge in [0.1, 0.15) is 11.9 Å². The van der Waals surface area contributed by atoms with E-state index in [4.69, 9.17) is 9.15 Å². The van der Waals surface area contributed by atoms with Gasteiger partial charge >= 0.3 is 0 Å². The number of piperidine rings is 1. The number of phenolic OH excluding ortho intramolecular Hbond substituents is 2. The van der Waals surface area contributed by atoms with Gasteiger partial charge in [-0.25, -0.2) is 0 Å². The summed E-state index contributed by atoms with van der Waals surface area (Å²) in [6, 6.07) is 3.52. The molecule has 7 nitrogen and oxygen atoms in total. The SMILES string of the molecule is CN(C(=O)/C=C/c1ccoc1)[C@@H]1CC[C@H]2[C@H]3Cc4c(O)c(O)cc5c4[C@@]2(CCN3)[C@H]1O5.Cl. The van der Waals surface area contributed by atoms with Gasteiger partial charge < -0.3 is 29.6 Å². The molecule has 1 saturated carbocycles. The van der Waals surface area contributed by atoms with Gasteiger partial charge in [-0.05, 0) is 50.3 Å². The summed E-state index contributed by atoms with van der Waals surface area (Å²) in [5.74, 6) is 0.828. The first kappa shape index (κ1) is 21.2. The third-order valence-electron chi connectivity index (χ3n) is 8.02. The standard InChI is InChI=1S/C24H26N2O5.ClH/c1-26(20(28)5-2-13-6-9-30-12-13)17-4-3-15-16-10-14-21-19(11-18(27)22(14)29)31-23(17)24(15,21)7-8-25-16;/h2,5-6,9,11-12,15-17,23,25,27,29H,3-4,7-8,10H2,1H3;1H/b5-2+;/t15-,16+,17+,23-,24-;/m0./s1. The van der Waals surface area contributed by atoms with Crippen LogP contribution < -0.4 is 10.1 Å². The normalized spacial score (nSPS) is 31.5. The molecular formula is C24H27ClN2O5. The van der Waals surface area contributed by atoms with Crippen LogP contribution in [0, 0.1) is 5.92 Å². The molecule has 0 radical (unpaired) electrons. The third-order valence-corrected chi connectivity index (χ3v) is 8.02. The molecule has 6 rings (SSSR count). The molecule has 2 fully saturated rings. The van der Waals surface area contributed by atoms with E-state index in [1.165, 1.54) is 0 Å². The first-order chi connectivity index (χ1) is 15.0. The van der Waals surface area contributed by atoms with Crippen molar-refractivity contribution >= 4 is 24.4 Å². The van der Waals surface area contributed by atoms with Crippen LogP contribution in [0.4, 0.5) is 0 Å². The number of likely N-dealkylation sites (N-methyl/N-ethyl adjacent to an activating group) is 1. The van der Waals surface area contributed by atoms with Crippen LogP contribution in [0.3, 0.4) is 0 Å². The van der Waals surface area contributed by atoms with Gasteiger partial charge in [-0.2, -0.15) is 0 Å². The second-order valence-electron chi connectivity index (χ2n) is 9.28. The van der Waals surface area contributed by atoms with Crippen LogP contribution >= 0.6 is 12.4 Å². The third kappa shape index (κ3) is 2.74. The van der Waals surface area contributed by atoms with E-state index >= 15 is 0 Å². The quantitative estimate of drug-likeness (QED) is 0.483. The van der Waals surface area contributed by atoms with Crippen molar-refractivity contribution < 1.29 is 24.2 Å². The Labute approximate surface area is 192 Å². The zero-order valence-electron chi connectivity index (χ0n) is 17.8. The topological polar surface area (TPSA) is 95.2 Å². The monoisotopic (exact) mass is 458 g/mol. The summed E-state index contributed by atoms with van der Waals surface area (Å²) in [4.78, 5) is 14.8. The van der Waals surface area contributed by atoms with Gasteiger partial charge in [-0.15, -0.1) is 12.4 Å². The molecule has 5 atom stereocenters. The number of phenols is 2. The average molecular weight is 459 g/mol. The van der Waals surface area contributed by atoms with Crippen molar-refractivity contribution in [1.82, 2.24) is 10.2 Å². The summed E-state index contributed by atoms with van der Waals surface area (Å²) in [6.07, 6.45) is 9.76. The number of nitrogens with one attached hydrogen (secondary N) is 1. The largest absolute Gasteiger partial charge is 0.504 e. The highest BCUT2D eigenvalue weighted by Gasteiger charge is 2.65. The molecule has 2 bridgehead atoms. The Morgan fingerprint density at radius 3 is 2.97 bits per heavy atom. The van der Waals surface area contributed by atoms with Gasteiger partial charge in [-0.1, -0.05) is 0 Å². The Morgan fingerprint density at radius 1 is 1.34 bits per heavy atom. The maximum atomic E-state index is 13.0. The van der Waals surface area contributed by atoms with Gasteiger partial charge in [0.05, 0.1) is 18.6 Å². The Bertz CT molecular complexity index is 1080. The van der Waals surface area contributed by atoms with E-state index in [9.17, 15) is 15.0 Å². The summed E-state index contributed by atoms with van der Waals surface area (Å²) in [7, 11) is 1.84. The number of ether oxygens (including phenoxy) is 1. The van der Waals surface area contributed by atoms with Gasteiger partial charge in [0.15, 0.2) is 11.5 Å². The van der Waals surface area contributed by atoms with Crippen molar-refractivity contribution in [3.8, 4) is 17.2 Å². The number of rotatable bonds is 3. The second kappa shape index (κ2) is 7.46.